The molecule has 5 heteroatoms. The summed E-state index contributed by atoms with van der Waals surface area (Å²) in [6, 6.07) is 5.99. The summed E-state index contributed by atoms with van der Waals surface area (Å²) in [6.45, 7) is 4.59. The van der Waals surface area contributed by atoms with E-state index in [2.05, 4.69) is 15.0 Å². The fourth-order valence-corrected chi connectivity index (χ4v) is 1.94. The molecule has 0 saturated carbocycles. The van der Waals surface area contributed by atoms with Crippen LogP contribution < -0.4 is 4.90 Å². The van der Waals surface area contributed by atoms with E-state index in [0.717, 1.165) is 22.8 Å². The van der Waals surface area contributed by atoms with Crippen LogP contribution in [-0.4, -0.2) is 22.0 Å². The lowest BCUT2D eigenvalue weighted by Crippen LogP contribution is -2.20. The van der Waals surface area contributed by atoms with E-state index in [1.807, 2.05) is 44.0 Å². The molecule has 0 atom stereocenters. The lowest BCUT2D eigenvalue weighted by Gasteiger charge is -2.19. The van der Waals surface area contributed by atoms with Crippen molar-refractivity contribution in [3.63, 3.8) is 0 Å². The molecule has 0 aliphatic carbocycles. The van der Waals surface area contributed by atoms with Crippen molar-refractivity contribution in [1.29, 1.82) is 0 Å². The third kappa shape index (κ3) is 2.76. The second-order valence-corrected chi connectivity index (χ2v) is 4.60. The summed E-state index contributed by atoms with van der Waals surface area (Å²) in [4.78, 5) is 14.7. The predicted molar refractivity (Wildman–Crippen MR) is 72.9 cm³/mol. The minimum absolute atomic E-state index is 0.490. The van der Waals surface area contributed by atoms with Crippen LogP contribution in [0.15, 0.2) is 24.5 Å². The number of pyridine rings is 1. The van der Waals surface area contributed by atoms with Gasteiger partial charge >= 0.3 is 0 Å². The molecule has 0 radical (unpaired) electrons. The molecule has 2 aromatic rings. The Balaban J connectivity index is 2.22. The van der Waals surface area contributed by atoms with Crippen LogP contribution in [0.3, 0.4) is 0 Å². The van der Waals surface area contributed by atoms with E-state index in [0.29, 0.717) is 11.7 Å². The average molecular weight is 263 g/mol. The molecule has 0 aliphatic rings. The number of anilines is 1. The van der Waals surface area contributed by atoms with Gasteiger partial charge in [-0.3, -0.25) is 4.98 Å². The zero-order valence-electron chi connectivity index (χ0n) is 10.7. The number of nitrogens with zero attached hydrogens (tertiary/aromatic N) is 4. The maximum atomic E-state index is 5.99. The molecule has 0 bridgehead atoms. The highest BCUT2D eigenvalue weighted by molar-refractivity contribution is 6.30. The largest absolute Gasteiger partial charge is 0.353 e. The molecular weight excluding hydrogens is 248 g/mol. The van der Waals surface area contributed by atoms with Gasteiger partial charge in [0, 0.05) is 18.3 Å². The normalized spacial score (nSPS) is 10.4. The summed E-state index contributed by atoms with van der Waals surface area (Å²) in [5, 5.41) is 0.490. The van der Waals surface area contributed by atoms with E-state index in [4.69, 9.17) is 11.6 Å². The van der Waals surface area contributed by atoms with Crippen LogP contribution in [-0.2, 0) is 6.54 Å². The molecule has 94 valence electrons. The SMILES string of the molecule is Cc1cccc(CN(C)c2ncnc(Cl)c2C)n1. The Morgan fingerprint density at radius 3 is 2.72 bits per heavy atom. The smallest absolute Gasteiger partial charge is 0.137 e. The topological polar surface area (TPSA) is 41.9 Å². The standard InChI is InChI=1S/C13H15ClN4/c1-9-5-4-6-11(17-9)7-18(3)13-10(2)12(14)15-8-16-13/h4-6,8H,7H2,1-3H3. The third-order valence-electron chi connectivity index (χ3n) is 2.70. The average Bonchev–Trinajstić information content (AvgIpc) is 2.32. The minimum Gasteiger partial charge on any atom is -0.353 e. The lowest BCUT2D eigenvalue weighted by molar-refractivity contribution is 0.848. The summed E-state index contributed by atoms with van der Waals surface area (Å²) in [5.74, 6) is 0.832. The number of hydrogen-bond donors (Lipinski definition) is 0. The summed E-state index contributed by atoms with van der Waals surface area (Å²) in [5.41, 5.74) is 2.90. The van der Waals surface area contributed by atoms with Crippen molar-refractivity contribution in [3.8, 4) is 0 Å². The zero-order chi connectivity index (χ0) is 13.1. The van der Waals surface area contributed by atoms with Crippen molar-refractivity contribution < 1.29 is 0 Å². The van der Waals surface area contributed by atoms with Crippen LogP contribution in [0.2, 0.25) is 5.15 Å². The fourth-order valence-electron chi connectivity index (χ4n) is 1.81. The van der Waals surface area contributed by atoms with Crippen LogP contribution in [0.5, 0.6) is 0 Å². The molecule has 0 spiro atoms. The molecular formula is C13H15ClN4. The lowest BCUT2D eigenvalue weighted by atomic mass is 10.2. The Kier molecular flexibility index (Phi) is 3.77. The van der Waals surface area contributed by atoms with Gasteiger partial charge in [0.25, 0.3) is 0 Å². The molecule has 2 aromatic heterocycles. The van der Waals surface area contributed by atoms with E-state index in [9.17, 15) is 0 Å². The molecule has 0 fully saturated rings. The second kappa shape index (κ2) is 5.31. The van der Waals surface area contributed by atoms with Crippen molar-refractivity contribution in [1.82, 2.24) is 15.0 Å². The first-order valence-corrected chi connectivity index (χ1v) is 6.06. The molecule has 0 aromatic carbocycles. The monoisotopic (exact) mass is 262 g/mol. The highest BCUT2D eigenvalue weighted by Crippen LogP contribution is 2.21. The van der Waals surface area contributed by atoms with Crippen molar-refractivity contribution in [2.75, 3.05) is 11.9 Å². The first-order valence-electron chi connectivity index (χ1n) is 5.68. The summed E-state index contributed by atoms with van der Waals surface area (Å²) in [6.07, 6.45) is 1.48. The van der Waals surface area contributed by atoms with Gasteiger partial charge in [0.05, 0.1) is 12.2 Å². The van der Waals surface area contributed by atoms with Crippen LogP contribution in [0, 0.1) is 13.8 Å². The number of hydrogen-bond acceptors (Lipinski definition) is 4. The minimum atomic E-state index is 0.490. The molecule has 0 N–H and O–H groups in total. The molecule has 18 heavy (non-hydrogen) atoms. The Bertz CT molecular complexity index is 556. The number of halogens is 1. The first kappa shape index (κ1) is 12.8. The van der Waals surface area contributed by atoms with Crippen molar-refractivity contribution in [2.45, 2.75) is 20.4 Å². The summed E-state index contributed by atoms with van der Waals surface area (Å²) >= 11 is 5.99. The fraction of sp³-hybridized carbons (Fsp3) is 0.308. The van der Waals surface area contributed by atoms with Crippen molar-refractivity contribution in [3.05, 3.63) is 46.6 Å². The van der Waals surface area contributed by atoms with Crippen LogP contribution >= 0.6 is 11.6 Å². The number of aryl methyl sites for hydroxylation is 1. The van der Waals surface area contributed by atoms with Gasteiger partial charge in [-0.05, 0) is 26.0 Å². The van der Waals surface area contributed by atoms with Gasteiger partial charge in [0.1, 0.15) is 17.3 Å². The second-order valence-electron chi connectivity index (χ2n) is 4.24. The van der Waals surface area contributed by atoms with Gasteiger partial charge in [0.2, 0.25) is 0 Å². The molecule has 2 heterocycles. The van der Waals surface area contributed by atoms with Gasteiger partial charge in [-0.2, -0.15) is 0 Å². The highest BCUT2D eigenvalue weighted by Gasteiger charge is 2.10. The van der Waals surface area contributed by atoms with Gasteiger partial charge in [-0.25, -0.2) is 9.97 Å². The predicted octanol–water partition coefficient (Wildman–Crippen LogP) is 2.78. The molecule has 4 nitrogen and oxygen atoms in total. The Hall–Kier alpha value is -1.68. The first-order chi connectivity index (χ1) is 8.58. The van der Waals surface area contributed by atoms with Gasteiger partial charge in [-0.15, -0.1) is 0 Å². The maximum absolute atomic E-state index is 5.99. The van der Waals surface area contributed by atoms with E-state index >= 15 is 0 Å². The van der Waals surface area contributed by atoms with E-state index in [1.165, 1.54) is 6.33 Å². The van der Waals surface area contributed by atoms with Crippen LogP contribution in [0.25, 0.3) is 0 Å². The molecule has 0 saturated heterocycles. The van der Waals surface area contributed by atoms with Gasteiger partial charge < -0.3 is 4.90 Å². The van der Waals surface area contributed by atoms with Crippen molar-refractivity contribution >= 4 is 17.4 Å². The van der Waals surface area contributed by atoms with E-state index in [-0.39, 0.29) is 0 Å². The summed E-state index contributed by atoms with van der Waals surface area (Å²) in [7, 11) is 1.97. The molecule has 2 rings (SSSR count). The zero-order valence-corrected chi connectivity index (χ0v) is 11.4. The van der Waals surface area contributed by atoms with Crippen molar-refractivity contribution in [2.24, 2.45) is 0 Å². The van der Waals surface area contributed by atoms with Gasteiger partial charge in [0.15, 0.2) is 0 Å². The highest BCUT2D eigenvalue weighted by atomic mass is 35.5. The summed E-state index contributed by atoms with van der Waals surface area (Å²) < 4.78 is 0. The van der Waals surface area contributed by atoms with E-state index < -0.39 is 0 Å². The quantitative estimate of drug-likeness (QED) is 0.798. The Morgan fingerprint density at radius 1 is 1.22 bits per heavy atom. The van der Waals surface area contributed by atoms with Crippen LogP contribution in [0.4, 0.5) is 5.82 Å². The molecule has 0 amide bonds. The third-order valence-corrected chi connectivity index (χ3v) is 3.08. The number of aromatic nitrogens is 3. The molecule has 0 unspecified atom stereocenters. The van der Waals surface area contributed by atoms with E-state index in [1.54, 1.807) is 0 Å². The Morgan fingerprint density at radius 2 is 2.00 bits per heavy atom. The Labute approximate surface area is 112 Å². The van der Waals surface area contributed by atoms with Gasteiger partial charge in [-0.1, -0.05) is 17.7 Å². The maximum Gasteiger partial charge on any atom is 0.137 e. The molecule has 0 aliphatic heterocycles. The van der Waals surface area contributed by atoms with Crippen LogP contribution in [0.1, 0.15) is 17.0 Å². The number of rotatable bonds is 3.